The largest absolute Gasteiger partial charge is 0.481 e. The molecule has 1 aromatic rings. The fourth-order valence-corrected chi connectivity index (χ4v) is 1.54. The van der Waals surface area contributed by atoms with Crippen molar-refractivity contribution in [3.8, 4) is 0 Å². The number of aromatic nitrogens is 1. The zero-order valence-electron chi connectivity index (χ0n) is 8.93. The van der Waals surface area contributed by atoms with Gasteiger partial charge in [0, 0.05) is 13.0 Å². The smallest absolute Gasteiger partial charge is 0.303 e. The summed E-state index contributed by atoms with van der Waals surface area (Å²) in [5.41, 5.74) is 0.290. The predicted octanol–water partition coefficient (Wildman–Crippen LogP) is 2.31. The van der Waals surface area contributed by atoms with Crippen molar-refractivity contribution in [1.29, 1.82) is 0 Å². The maximum atomic E-state index is 11.5. The number of carbonyl (C=O) groups is 2. The number of carboxylic acids is 1. The van der Waals surface area contributed by atoms with Crippen molar-refractivity contribution in [2.45, 2.75) is 19.3 Å². The number of halogens is 2. The third kappa shape index (κ3) is 4.66. The predicted molar refractivity (Wildman–Crippen MR) is 64.6 cm³/mol. The lowest BCUT2D eigenvalue weighted by Crippen LogP contribution is -2.24. The van der Waals surface area contributed by atoms with E-state index in [2.05, 4.69) is 10.3 Å². The highest BCUT2D eigenvalue weighted by Gasteiger charge is 2.10. The van der Waals surface area contributed by atoms with E-state index in [4.69, 9.17) is 28.3 Å². The van der Waals surface area contributed by atoms with Crippen LogP contribution in [0.2, 0.25) is 10.2 Å². The Morgan fingerprint density at radius 2 is 2.06 bits per heavy atom. The van der Waals surface area contributed by atoms with Crippen molar-refractivity contribution in [3.63, 3.8) is 0 Å². The summed E-state index contributed by atoms with van der Waals surface area (Å²) in [5, 5.41) is 11.6. The lowest BCUT2D eigenvalue weighted by atomic mass is 10.2. The van der Waals surface area contributed by atoms with Crippen LogP contribution in [0.15, 0.2) is 6.07 Å². The molecule has 0 bridgehead atoms. The highest BCUT2D eigenvalue weighted by Crippen LogP contribution is 2.21. The Bertz CT molecular complexity index is 398. The molecule has 0 aliphatic heterocycles. The van der Waals surface area contributed by atoms with Gasteiger partial charge in [-0.15, -0.1) is 0 Å². The molecule has 3 N–H and O–H groups in total. The maximum absolute atomic E-state index is 11.5. The van der Waals surface area contributed by atoms with E-state index in [9.17, 15) is 9.59 Å². The van der Waals surface area contributed by atoms with Crippen LogP contribution < -0.4 is 5.32 Å². The normalized spacial score (nSPS) is 10.2. The van der Waals surface area contributed by atoms with Crippen molar-refractivity contribution >= 4 is 35.1 Å². The van der Waals surface area contributed by atoms with E-state index < -0.39 is 5.97 Å². The van der Waals surface area contributed by atoms with E-state index in [1.54, 1.807) is 0 Å². The molecule has 0 fully saturated rings. The second-order valence-corrected chi connectivity index (χ2v) is 4.24. The highest BCUT2D eigenvalue weighted by atomic mass is 35.5. The number of hydrogen-bond donors (Lipinski definition) is 3. The van der Waals surface area contributed by atoms with E-state index in [0.29, 0.717) is 30.1 Å². The van der Waals surface area contributed by atoms with Crippen LogP contribution in [0.1, 0.15) is 29.8 Å². The van der Waals surface area contributed by atoms with E-state index >= 15 is 0 Å². The molecular formula is C10H12Cl2N2O3. The van der Waals surface area contributed by atoms with Crippen molar-refractivity contribution in [2.24, 2.45) is 0 Å². The fraction of sp³-hybridized carbons (Fsp3) is 0.400. The van der Waals surface area contributed by atoms with Gasteiger partial charge in [-0.2, -0.15) is 0 Å². The molecule has 1 amide bonds. The minimum atomic E-state index is -0.834. The summed E-state index contributed by atoms with van der Waals surface area (Å²) in [7, 11) is 0. The Kier molecular flexibility index (Phi) is 5.31. The Labute approximate surface area is 108 Å². The first kappa shape index (κ1) is 13.9. The molecule has 0 radical (unpaired) electrons. The monoisotopic (exact) mass is 278 g/mol. The minimum Gasteiger partial charge on any atom is -0.481 e. The van der Waals surface area contributed by atoms with Gasteiger partial charge in [0.25, 0.3) is 5.91 Å². The maximum Gasteiger partial charge on any atom is 0.303 e. The lowest BCUT2D eigenvalue weighted by Gasteiger charge is -2.02. The summed E-state index contributed by atoms with van der Waals surface area (Å²) in [4.78, 5) is 24.4. The summed E-state index contributed by atoms with van der Waals surface area (Å²) >= 11 is 11.3. The van der Waals surface area contributed by atoms with Gasteiger partial charge in [0.05, 0.1) is 5.02 Å². The number of rotatable bonds is 6. The zero-order valence-corrected chi connectivity index (χ0v) is 10.4. The Balaban J connectivity index is 2.28. The standard InChI is InChI=1S/C10H12Cl2N2O3/c11-6-5-7(14-9(6)12)10(17)13-4-2-1-3-8(15)16/h5,14H,1-4H2,(H,13,17)(H,15,16). The molecule has 1 aromatic heterocycles. The first-order chi connectivity index (χ1) is 8.00. The summed E-state index contributed by atoms with van der Waals surface area (Å²) in [6, 6.07) is 1.44. The molecule has 0 aliphatic carbocycles. The molecule has 5 nitrogen and oxygen atoms in total. The van der Waals surface area contributed by atoms with Gasteiger partial charge in [-0.1, -0.05) is 23.2 Å². The van der Waals surface area contributed by atoms with E-state index in [-0.39, 0.29) is 17.5 Å². The van der Waals surface area contributed by atoms with Gasteiger partial charge in [-0.3, -0.25) is 9.59 Å². The van der Waals surface area contributed by atoms with E-state index in [1.165, 1.54) is 6.07 Å². The molecule has 0 spiro atoms. The molecule has 1 rings (SSSR count). The average molecular weight is 279 g/mol. The number of amides is 1. The summed E-state index contributed by atoms with van der Waals surface area (Å²) in [6.07, 6.45) is 1.25. The second-order valence-electron chi connectivity index (χ2n) is 3.45. The number of aromatic amines is 1. The number of H-pyrrole nitrogens is 1. The van der Waals surface area contributed by atoms with E-state index in [1.807, 2.05) is 0 Å². The SMILES string of the molecule is O=C(O)CCCCNC(=O)c1cc(Cl)c(Cl)[nH]1. The first-order valence-electron chi connectivity index (χ1n) is 5.04. The Morgan fingerprint density at radius 3 is 2.59 bits per heavy atom. The van der Waals surface area contributed by atoms with Gasteiger partial charge >= 0.3 is 5.97 Å². The topological polar surface area (TPSA) is 82.2 Å². The van der Waals surface area contributed by atoms with Gasteiger partial charge in [0.1, 0.15) is 10.8 Å². The third-order valence-electron chi connectivity index (χ3n) is 2.07. The average Bonchev–Trinajstić information content (AvgIpc) is 2.58. The Hall–Kier alpha value is -1.20. The van der Waals surface area contributed by atoms with Gasteiger partial charge in [-0.05, 0) is 18.9 Å². The van der Waals surface area contributed by atoms with Crippen LogP contribution in [0.3, 0.4) is 0 Å². The third-order valence-corrected chi connectivity index (χ3v) is 2.77. The number of carboxylic acid groups (broad SMARTS) is 1. The number of unbranched alkanes of at least 4 members (excludes halogenated alkanes) is 1. The number of carbonyl (C=O) groups excluding carboxylic acids is 1. The summed E-state index contributed by atoms with van der Waals surface area (Å²) in [6.45, 7) is 0.417. The van der Waals surface area contributed by atoms with Gasteiger partial charge < -0.3 is 15.4 Å². The molecule has 0 atom stereocenters. The number of hydrogen-bond acceptors (Lipinski definition) is 2. The molecule has 17 heavy (non-hydrogen) atoms. The van der Waals surface area contributed by atoms with Crippen LogP contribution in [-0.4, -0.2) is 28.5 Å². The van der Waals surface area contributed by atoms with Crippen LogP contribution >= 0.6 is 23.2 Å². The van der Waals surface area contributed by atoms with Gasteiger partial charge in [0.2, 0.25) is 0 Å². The molecule has 0 unspecified atom stereocenters. The molecule has 0 saturated heterocycles. The van der Waals surface area contributed by atoms with Crippen LogP contribution in [0.25, 0.3) is 0 Å². The van der Waals surface area contributed by atoms with Gasteiger partial charge in [0.15, 0.2) is 0 Å². The summed E-state index contributed by atoms with van der Waals surface area (Å²) in [5.74, 6) is -1.15. The lowest BCUT2D eigenvalue weighted by molar-refractivity contribution is -0.137. The number of aliphatic carboxylic acids is 1. The fourth-order valence-electron chi connectivity index (χ4n) is 1.22. The molecule has 0 aliphatic rings. The summed E-state index contributed by atoms with van der Waals surface area (Å²) < 4.78 is 0. The molecule has 0 saturated carbocycles. The second kappa shape index (κ2) is 6.51. The quantitative estimate of drug-likeness (QED) is 0.699. The van der Waals surface area contributed by atoms with E-state index in [0.717, 1.165) is 0 Å². The molecule has 7 heteroatoms. The highest BCUT2D eigenvalue weighted by molar-refractivity contribution is 6.41. The van der Waals surface area contributed by atoms with Crippen molar-refractivity contribution in [2.75, 3.05) is 6.54 Å². The molecule has 1 heterocycles. The number of nitrogens with one attached hydrogen (secondary N) is 2. The zero-order chi connectivity index (χ0) is 12.8. The Morgan fingerprint density at radius 1 is 1.35 bits per heavy atom. The van der Waals surface area contributed by atoms with Crippen molar-refractivity contribution in [3.05, 3.63) is 21.9 Å². The van der Waals surface area contributed by atoms with Crippen molar-refractivity contribution < 1.29 is 14.7 Å². The molecule has 0 aromatic carbocycles. The molecule has 94 valence electrons. The first-order valence-corrected chi connectivity index (χ1v) is 5.80. The van der Waals surface area contributed by atoms with Crippen LogP contribution in [-0.2, 0) is 4.79 Å². The van der Waals surface area contributed by atoms with Gasteiger partial charge in [-0.25, -0.2) is 0 Å². The van der Waals surface area contributed by atoms with Crippen LogP contribution in [0, 0.1) is 0 Å². The minimum absolute atomic E-state index is 0.107. The van der Waals surface area contributed by atoms with Crippen LogP contribution in [0.4, 0.5) is 0 Å². The molecular weight excluding hydrogens is 267 g/mol. The van der Waals surface area contributed by atoms with Crippen LogP contribution in [0.5, 0.6) is 0 Å². The van der Waals surface area contributed by atoms with Crippen molar-refractivity contribution in [1.82, 2.24) is 10.3 Å².